The number of halogens is 2. The zero-order valence-electron chi connectivity index (χ0n) is 17.2. The van der Waals surface area contributed by atoms with Crippen LogP contribution < -0.4 is 4.72 Å². The van der Waals surface area contributed by atoms with Crippen molar-refractivity contribution in [2.24, 2.45) is 7.05 Å². The van der Waals surface area contributed by atoms with Crippen LogP contribution in [0.5, 0.6) is 0 Å². The van der Waals surface area contributed by atoms with Gasteiger partial charge in [0.25, 0.3) is 6.43 Å². The van der Waals surface area contributed by atoms with Gasteiger partial charge < -0.3 is 0 Å². The number of hydrogen-bond acceptors (Lipinski definition) is 7. The second-order valence-electron chi connectivity index (χ2n) is 7.75. The van der Waals surface area contributed by atoms with Gasteiger partial charge in [0.15, 0.2) is 10.0 Å². The summed E-state index contributed by atoms with van der Waals surface area (Å²) in [5, 5.41) is 21.3. The quantitative estimate of drug-likeness (QED) is 0.440. The third-order valence-corrected chi connectivity index (χ3v) is 7.88. The van der Waals surface area contributed by atoms with Crippen LogP contribution in [0.3, 0.4) is 0 Å². The molecule has 0 bridgehead atoms. The second kappa shape index (κ2) is 7.65. The lowest BCUT2D eigenvalue weighted by Gasteiger charge is -2.13. The Kier molecular flexibility index (Phi) is 5.00. The highest BCUT2D eigenvalue weighted by atomic mass is 32.2. The number of fused-ring (bicyclic) bond motifs is 1. The fourth-order valence-electron chi connectivity index (χ4n) is 3.64. The Morgan fingerprint density at radius 3 is 2.55 bits per heavy atom. The summed E-state index contributed by atoms with van der Waals surface area (Å²) in [7, 11) is -2.36. The first-order valence-electron chi connectivity index (χ1n) is 9.86. The minimum atomic E-state index is -4.05. The van der Waals surface area contributed by atoms with E-state index in [1.807, 2.05) is 36.4 Å². The minimum absolute atomic E-state index is 0.0526. The lowest BCUT2D eigenvalue weighted by atomic mass is 10.0. The van der Waals surface area contributed by atoms with Gasteiger partial charge in [-0.3, -0.25) is 4.68 Å². The largest absolute Gasteiger partial charge is 0.291 e. The van der Waals surface area contributed by atoms with E-state index in [4.69, 9.17) is 0 Å². The summed E-state index contributed by atoms with van der Waals surface area (Å²) in [4.78, 5) is -0.0526. The Bertz CT molecular complexity index is 1520. The van der Waals surface area contributed by atoms with E-state index < -0.39 is 27.0 Å². The van der Waals surface area contributed by atoms with Crippen LogP contribution in [-0.4, -0.2) is 33.9 Å². The summed E-state index contributed by atoms with van der Waals surface area (Å²) >= 11 is 0.705. The summed E-state index contributed by atoms with van der Waals surface area (Å²) in [6.07, 6.45) is -1.89. The molecule has 0 radical (unpaired) electrons. The number of nitrogens with one attached hydrogen (secondary N) is 1. The molecule has 0 unspecified atom stereocenters. The Labute approximate surface area is 191 Å². The summed E-state index contributed by atoms with van der Waals surface area (Å²) in [5.74, 6) is 0. The van der Waals surface area contributed by atoms with Gasteiger partial charge in [0.05, 0.1) is 16.5 Å². The maximum Gasteiger partial charge on any atom is 0.291 e. The molecule has 168 valence electrons. The van der Waals surface area contributed by atoms with Gasteiger partial charge in [-0.25, -0.2) is 17.2 Å². The Morgan fingerprint density at radius 1 is 1.21 bits per heavy atom. The lowest BCUT2D eigenvalue weighted by Crippen LogP contribution is -2.35. The van der Waals surface area contributed by atoms with Crippen LogP contribution in [0.4, 0.5) is 8.78 Å². The van der Waals surface area contributed by atoms with Gasteiger partial charge >= 0.3 is 0 Å². The molecule has 4 aromatic rings. The number of nitriles is 1. The van der Waals surface area contributed by atoms with E-state index in [2.05, 4.69) is 20.0 Å². The van der Waals surface area contributed by atoms with Crippen molar-refractivity contribution in [2.45, 2.75) is 29.7 Å². The highest BCUT2D eigenvalue weighted by Crippen LogP contribution is 2.40. The second-order valence-corrected chi connectivity index (χ2v) is 10.4. The molecule has 0 aliphatic heterocycles. The molecular formula is C21H16F2N6O2S2. The molecule has 33 heavy (non-hydrogen) atoms. The van der Waals surface area contributed by atoms with Gasteiger partial charge in [0.1, 0.15) is 11.2 Å². The number of hydrogen-bond donors (Lipinski definition) is 1. The first kappa shape index (κ1) is 21.6. The standard InChI is InChI=1S/C21H16F2N6O2S2/c1-29-17-14(12-5-3-2-4-6-12)9-13(33(30,31)28-21(11-24)7-8-21)10-15(17)16(27-29)19-25-26-20(32-19)18(22)23/h2-6,9-10,18,28H,7-8H2,1H3. The number of aromatic nitrogens is 4. The topological polar surface area (TPSA) is 114 Å². The lowest BCUT2D eigenvalue weighted by molar-refractivity contribution is 0.150. The van der Waals surface area contributed by atoms with Crippen molar-refractivity contribution in [1.29, 1.82) is 5.26 Å². The smallest absolute Gasteiger partial charge is 0.267 e. The maximum absolute atomic E-state index is 13.2. The molecule has 1 N–H and O–H groups in total. The Hall–Kier alpha value is -3.27. The summed E-state index contributed by atoms with van der Waals surface area (Å²) in [5.41, 5.74) is 1.12. The third-order valence-electron chi connectivity index (χ3n) is 5.43. The fourth-order valence-corrected chi connectivity index (χ4v) is 5.76. The molecule has 8 nitrogen and oxygen atoms in total. The minimum Gasteiger partial charge on any atom is -0.267 e. The molecule has 0 amide bonds. The maximum atomic E-state index is 13.2. The van der Waals surface area contributed by atoms with Crippen LogP contribution in [0.15, 0.2) is 47.4 Å². The van der Waals surface area contributed by atoms with Crippen LogP contribution in [0.1, 0.15) is 24.3 Å². The molecule has 1 aliphatic rings. The van der Waals surface area contributed by atoms with Crippen molar-refractivity contribution in [3.8, 4) is 27.9 Å². The van der Waals surface area contributed by atoms with Crippen LogP contribution in [-0.2, 0) is 17.1 Å². The van der Waals surface area contributed by atoms with Crippen molar-refractivity contribution in [3.63, 3.8) is 0 Å². The number of rotatable bonds is 6. The van der Waals surface area contributed by atoms with Crippen LogP contribution >= 0.6 is 11.3 Å². The van der Waals surface area contributed by atoms with E-state index in [0.717, 1.165) is 5.56 Å². The van der Waals surface area contributed by atoms with E-state index in [0.29, 0.717) is 40.6 Å². The number of benzene rings is 2. The molecular weight excluding hydrogens is 470 g/mol. The van der Waals surface area contributed by atoms with Gasteiger partial charge in [-0.05, 0) is 30.5 Å². The van der Waals surface area contributed by atoms with Gasteiger partial charge in [-0.15, -0.1) is 10.2 Å². The van der Waals surface area contributed by atoms with Crippen molar-refractivity contribution >= 4 is 32.3 Å². The first-order chi connectivity index (χ1) is 15.7. The monoisotopic (exact) mass is 486 g/mol. The molecule has 12 heteroatoms. The highest BCUT2D eigenvalue weighted by molar-refractivity contribution is 7.89. The predicted octanol–water partition coefficient (Wildman–Crippen LogP) is 4.03. The number of alkyl halides is 2. The molecule has 2 aromatic heterocycles. The average Bonchev–Trinajstić information content (AvgIpc) is 3.23. The summed E-state index contributed by atoms with van der Waals surface area (Å²) in [6.45, 7) is 0. The Morgan fingerprint density at radius 2 is 1.94 bits per heavy atom. The number of aryl methyl sites for hydroxylation is 1. The predicted molar refractivity (Wildman–Crippen MR) is 118 cm³/mol. The fraction of sp³-hybridized carbons (Fsp3) is 0.238. The highest BCUT2D eigenvalue weighted by Gasteiger charge is 2.47. The van der Waals surface area contributed by atoms with Gasteiger partial charge in [0, 0.05) is 18.0 Å². The molecule has 2 aromatic carbocycles. The van der Waals surface area contributed by atoms with E-state index in [-0.39, 0.29) is 15.6 Å². The van der Waals surface area contributed by atoms with Crippen LogP contribution in [0.25, 0.3) is 32.7 Å². The van der Waals surface area contributed by atoms with Gasteiger partial charge in [-0.1, -0.05) is 41.7 Å². The normalized spacial score (nSPS) is 15.1. The van der Waals surface area contributed by atoms with E-state index in [1.165, 1.54) is 12.1 Å². The van der Waals surface area contributed by atoms with Crippen molar-refractivity contribution in [1.82, 2.24) is 24.7 Å². The van der Waals surface area contributed by atoms with Crippen molar-refractivity contribution in [3.05, 3.63) is 47.5 Å². The zero-order valence-corrected chi connectivity index (χ0v) is 18.8. The zero-order chi connectivity index (χ0) is 23.4. The van der Waals surface area contributed by atoms with Crippen LogP contribution in [0, 0.1) is 11.3 Å². The summed E-state index contributed by atoms with van der Waals surface area (Å²) in [6, 6.07) is 14.2. The van der Waals surface area contributed by atoms with Crippen LogP contribution in [0.2, 0.25) is 0 Å². The molecule has 1 aliphatic carbocycles. The molecule has 2 heterocycles. The SMILES string of the molecule is Cn1nc(-c2nnc(C(F)F)s2)c2cc(S(=O)(=O)NC3(C#N)CC3)cc(-c3ccccc3)c21. The molecule has 0 spiro atoms. The average molecular weight is 487 g/mol. The van der Waals surface area contributed by atoms with Gasteiger partial charge in [0.2, 0.25) is 10.0 Å². The van der Waals surface area contributed by atoms with E-state index >= 15 is 0 Å². The molecule has 5 rings (SSSR count). The third kappa shape index (κ3) is 3.78. The molecule has 0 saturated heterocycles. The summed E-state index contributed by atoms with van der Waals surface area (Å²) < 4.78 is 56.7. The van der Waals surface area contributed by atoms with Crippen molar-refractivity contribution < 1.29 is 17.2 Å². The van der Waals surface area contributed by atoms with E-state index in [9.17, 15) is 22.5 Å². The van der Waals surface area contributed by atoms with Gasteiger partial charge in [-0.2, -0.15) is 15.1 Å². The number of sulfonamides is 1. The van der Waals surface area contributed by atoms with Crippen molar-refractivity contribution in [2.75, 3.05) is 0 Å². The molecule has 0 atom stereocenters. The molecule has 1 saturated carbocycles. The number of nitrogens with zero attached hydrogens (tertiary/aromatic N) is 5. The Balaban J connectivity index is 1.76. The first-order valence-corrected chi connectivity index (χ1v) is 12.2. The van der Waals surface area contributed by atoms with E-state index in [1.54, 1.807) is 11.7 Å². The molecule has 1 fully saturated rings.